The molecule has 0 radical (unpaired) electrons. The molecule has 0 amide bonds. The van der Waals surface area contributed by atoms with Gasteiger partial charge in [0.15, 0.2) is 0 Å². The van der Waals surface area contributed by atoms with E-state index in [9.17, 15) is 0 Å². The van der Waals surface area contributed by atoms with E-state index in [-0.39, 0.29) is 0 Å². The molecule has 0 unspecified atom stereocenters. The molecule has 0 aromatic carbocycles. The standard InChI is InChI=1S/C13H14N4OS/c14-12(19)10-6-8-2-1-3-11(8)16-13(10)15-7-9-4-5-18-17-9/h4-6H,1-3,7H2,(H2,14,19)(H,15,16). The van der Waals surface area contributed by atoms with Gasteiger partial charge in [-0.25, -0.2) is 4.98 Å². The van der Waals surface area contributed by atoms with Gasteiger partial charge < -0.3 is 15.6 Å². The Balaban J connectivity index is 1.88. The first-order valence-electron chi connectivity index (χ1n) is 6.20. The minimum Gasteiger partial charge on any atom is -0.389 e. The Morgan fingerprint density at radius 1 is 1.47 bits per heavy atom. The third kappa shape index (κ3) is 2.44. The van der Waals surface area contributed by atoms with E-state index in [1.54, 1.807) is 12.3 Å². The first-order chi connectivity index (χ1) is 9.24. The van der Waals surface area contributed by atoms with Crippen LogP contribution in [-0.4, -0.2) is 15.1 Å². The van der Waals surface area contributed by atoms with Gasteiger partial charge in [0.2, 0.25) is 0 Å². The van der Waals surface area contributed by atoms with Gasteiger partial charge in [0.25, 0.3) is 0 Å². The molecule has 0 aliphatic heterocycles. The van der Waals surface area contributed by atoms with Crippen LogP contribution in [0.25, 0.3) is 0 Å². The van der Waals surface area contributed by atoms with E-state index in [1.165, 1.54) is 5.56 Å². The molecule has 1 aliphatic carbocycles. The summed E-state index contributed by atoms with van der Waals surface area (Å²) in [5, 5.41) is 7.07. The van der Waals surface area contributed by atoms with Crippen molar-refractivity contribution in [2.75, 3.05) is 5.32 Å². The van der Waals surface area contributed by atoms with Crippen molar-refractivity contribution in [1.82, 2.24) is 10.1 Å². The van der Waals surface area contributed by atoms with E-state index in [0.717, 1.165) is 42.0 Å². The van der Waals surface area contributed by atoms with Crippen LogP contribution >= 0.6 is 12.2 Å². The molecule has 5 nitrogen and oxygen atoms in total. The minimum atomic E-state index is 0.366. The molecule has 0 spiro atoms. The summed E-state index contributed by atoms with van der Waals surface area (Å²) in [5.41, 5.74) is 9.80. The van der Waals surface area contributed by atoms with Crippen molar-refractivity contribution in [3.8, 4) is 0 Å². The highest BCUT2D eigenvalue weighted by molar-refractivity contribution is 7.80. The van der Waals surface area contributed by atoms with Crippen molar-refractivity contribution in [2.45, 2.75) is 25.8 Å². The van der Waals surface area contributed by atoms with Crippen LogP contribution in [0.2, 0.25) is 0 Å². The van der Waals surface area contributed by atoms with E-state index in [4.69, 9.17) is 22.5 Å². The number of fused-ring (bicyclic) bond motifs is 1. The summed E-state index contributed by atoms with van der Waals surface area (Å²) >= 11 is 5.10. The number of thiocarbonyl (C=S) groups is 1. The predicted molar refractivity (Wildman–Crippen MR) is 76.0 cm³/mol. The lowest BCUT2D eigenvalue weighted by Crippen LogP contribution is -2.15. The number of aromatic nitrogens is 2. The summed E-state index contributed by atoms with van der Waals surface area (Å²) in [5.74, 6) is 0.733. The molecule has 2 heterocycles. The highest BCUT2D eigenvalue weighted by Gasteiger charge is 2.17. The Hall–Kier alpha value is -1.95. The topological polar surface area (TPSA) is 77.0 Å². The molecule has 6 heteroatoms. The van der Waals surface area contributed by atoms with Gasteiger partial charge in [-0.15, -0.1) is 0 Å². The summed E-state index contributed by atoms with van der Waals surface area (Å²) in [6.45, 7) is 0.540. The van der Waals surface area contributed by atoms with Crippen LogP contribution in [0, 0.1) is 0 Å². The first kappa shape index (κ1) is 12.1. The number of hydrogen-bond acceptors (Lipinski definition) is 5. The second-order valence-electron chi connectivity index (χ2n) is 4.55. The normalized spacial score (nSPS) is 13.3. The predicted octanol–water partition coefficient (Wildman–Crippen LogP) is 1.80. The van der Waals surface area contributed by atoms with Crippen LogP contribution < -0.4 is 11.1 Å². The molecule has 3 N–H and O–H groups in total. The first-order valence-corrected chi connectivity index (χ1v) is 6.60. The fraction of sp³-hybridized carbons (Fsp3) is 0.308. The SMILES string of the molecule is NC(=S)c1cc2c(nc1NCc1ccon1)CCC2. The van der Waals surface area contributed by atoms with Gasteiger partial charge in [-0.05, 0) is 30.9 Å². The van der Waals surface area contributed by atoms with Gasteiger partial charge in [-0.1, -0.05) is 17.4 Å². The van der Waals surface area contributed by atoms with Gasteiger partial charge in [0, 0.05) is 11.8 Å². The fourth-order valence-electron chi connectivity index (χ4n) is 2.30. The Kier molecular flexibility index (Phi) is 3.16. The summed E-state index contributed by atoms with van der Waals surface area (Å²) in [6, 6.07) is 3.86. The molecule has 0 saturated heterocycles. The van der Waals surface area contributed by atoms with Crippen LogP contribution in [0.3, 0.4) is 0 Å². The second kappa shape index (κ2) is 4.97. The lowest BCUT2D eigenvalue weighted by atomic mass is 10.1. The summed E-state index contributed by atoms with van der Waals surface area (Å²) in [4.78, 5) is 5.00. The molecule has 19 heavy (non-hydrogen) atoms. The van der Waals surface area contributed by atoms with Crippen LogP contribution in [0.1, 0.15) is 28.9 Å². The number of aryl methyl sites for hydroxylation is 2. The lowest BCUT2D eigenvalue weighted by Gasteiger charge is -2.11. The molecular weight excluding hydrogens is 260 g/mol. The molecular formula is C13H14N4OS. The molecule has 2 aromatic rings. The maximum Gasteiger partial charge on any atom is 0.136 e. The number of nitrogens with two attached hydrogens (primary N) is 1. The minimum absolute atomic E-state index is 0.366. The highest BCUT2D eigenvalue weighted by atomic mass is 32.1. The highest BCUT2D eigenvalue weighted by Crippen LogP contribution is 2.25. The summed E-state index contributed by atoms with van der Waals surface area (Å²) < 4.78 is 4.79. The summed E-state index contributed by atoms with van der Waals surface area (Å²) in [6.07, 6.45) is 4.76. The Morgan fingerprint density at radius 3 is 3.11 bits per heavy atom. The Labute approximate surface area is 116 Å². The third-order valence-corrected chi connectivity index (χ3v) is 3.46. The van der Waals surface area contributed by atoms with Gasteiger partial charge >= 0.3 is 0 Å². The average molecular weight is 274 g/mol. The van der Waals surface area contributed by atoms with E-state index >= 15 is 0 Å². The van der Waals surface area contributed by atoms with E-state index in [0.29, 0.717) is 11.5 Å². The van der Waals surface area contributed by atoms with Crippen LogP contribution in [-0.2, 0) is 19.4 Å². The quantitative estimate of drug-likeness (QED) is 0.828. The van der Waals surface area contributed by atoms with Crippen molar-refractivity contribution in [2.24, 2.45) is 5.73 Å². The number of anilines is 1. The van der Waals surface area contributed by atoms with Gasteiger partial charge in [0.1, 0.15) is 22.8 Å². The van der Waals surface area contributed by atoms with Crippen molar-refractivity contribution in [3.05, 3.63) is 40.9 Å². The van der Waals surface area contributed by atoms with Crippen LogP contribution in [0.4, 0.5) is 5.82 Å². The van der Waals surface area contributed by atoms with Crippen LogP contribution in [0.5, 0.6) is 0 Å². The van der Waals surface area contributed by atoms with Crippen molar-refractivity contribution in [3.63, 3.8) is 0 Å². The zero-order valence-electron chi connectivity index (χ0n) is 10.3. The Morgan fingerprint density at radius 2 is 2.37 bits per heavy atom. The number of pyridine rings is 1. The molecule has 0 fully saturated rings. The molecule has 0 atom stereocenters. The number of nitrogens with one attached hydrogen (secondary N) is 1. The van der Waals surface area contributed by atoms with Gasteiger partial charge in [0.05, 0.1) is 12.1 Å². The zero-order chi connectivity index (χ0) is 13.2. The zero-order valence-corrected chi connectivity index (χ0v) is 11.2. The fourth-order valence-corrected chi connectivity index (χ4v) is 2.45. The van der Waals surface area contributed by atoms with Gasteiger partial charge in [-0.3, -0.25) is 0 Å². The van der Waals surface area contributed by atoms with Crippen molar-refractivity contribution < 1.29 is 4.52 Å². The number of rotatable bonds is 4. The molecule has 2 aromatic heterocycles. The molecule has 0 saturated carbocycles. The Bertz CT molecular complexity index is 609. The van der Waals surface area contributed by atoms with E-state index in [1.807, 2.05) is 0 Å². The van der Waals surface area contributed by atoms with E-state index < -0.39 is 0 Å². The molecule has 3 rings (SSSR count). The summed E-state index contributed by atoms with van der Waals surface area (Å²) in [7, 11) is 0. The third-order valence-electron chi connectivity index (χ3n) is 3.24. The van der Waals surface area contributed by atoms with Crippen LogP contribution in [0.15, 0.2) is 22.9 Å². The number of hydrogen-bond donors (Lipinski definition) is 2. The van der Waals surface area contributed by atoms with E-state index in [2.05, 4.69) is 21.5 Å². The molecule has 0 bridgehead atoms. The van der Waals surface area contributed by atoms with Crippen molar-refractivity contribution in [1.29, 1.82) is 0 Å². The van der Waals surface area contributed by atoms with Gasteiger partial charge in [-0.2, -0.15) is 0 Å². The largest absolute Gasteiger partial charge is 0.389 e. The maximum atomic E-state index is 5.77. The number of nitrogens with zero attached hydrogens (tertiary/aromatic N) is 2. The molecule has 98 valence electrons. The smallest absolute Gasteiger partial charge is 0.136 e. The molecule has 1 aliphatic rings. The van der Waals surface area contributed by atoms with Crippen molar-refractivity contribution >= 4 is 23.0 Å². The average Bonchev–Trinajstić information content (AvgIpc) is 3.05. The second-order valence-corrected chi connectivity index (χ2v) is 4.99. The lowest BCUT2D eigenvalue weighted by molar-refractivity contribution is 0.412. The maximum absolute atomic E-state index is 5.77. The monoisotopic (exact) mass is 274 g/mol.